The van der Waals surface area contributed by atoms with E-state index in [1.165, 1.54) is 16.0 Å². The molecule has 0 aliphatic carbocycles. The molecule has 4 heterocycles. The standard InChI is InChI=1S/C21H27ClN10S/c1-5-31(6-2)10-9-30(4)15-8-7-14(11-24-15)25-21-28-20(23)32(29-21)18-17-16(13(3)12-33-17)26-19(22)27-18/h7-8,11-12H,5-6,9-10H2,1-4H3,(H3,23,25,28,29). The van der Waals surface area contributed by atoms with Gasteiger partial charge in [0, 0.05) is 20.1 Å². The maximum atomic E-state index is 6.14. The van der Waals surface area contributed by atoms with E-state index in [0.29, 0.717) is 11.8 Å². The zero-order valence-electron chi connectivity index (χ0n) is 19.1. The number of anilines is 4. The first-order chi connectivity index (χ1) is 15.9. The fraction of sp³-hybridized carbons (Fsp3) is 0.381. The molecule has 0 saturated heterocycles. The van der Waals surface area contributed by atoms with Crippen LogP contribution in [0.15, 0.2) is 23.7 Å². The summed E-state index contributed by atoms with van der Waals surface area (Å²) in [7, 11) is 2.04. The van der Waals surface area contributed by atoms with Gasteiger partial charge in [-0.1, -0.05) is 13.8 Å². The molecule has 0 aliphatic heterocycles. The molecular weight excluding hydrogens is 460 g/mol. The van der Waals surface area contributed by atoms with Gasteiger partial charge in [-0.25, -0.2) is 9.97 Å². The van der Waals surface area contributed by atoms with Gasteiger partial charge in [-0.2, -0.15) is 14.6 Å². The highest BCUT2D eigenvalue weighted by molar-refractivity contribution is 7.17. The van der Waals surface area contributed by atoms with Crippen LogP contribution < -0.4 is 16.0 Å². The SMILES string of the molecule is CCN(CC)CCN(C)c1ccc(Nc2nc(N)n(-c3nc(Cl)nc4c(C)csc34)n2)cn1. The Morgan fingerprint density at radius 3 is 2.64 bits per heavy atom. The number of nitrogen functional groups attached to an aromatic ring is 1. The van der Waals surface area contributed by atoms with E-state index < -0.39 is 0 Å². The molecule has 3 N–H and O–H groups in total. The second-order valence-electron chi connectivity index (χ2n) is 7.60. The summed E-state index contributed by atoms with van der Waals surface area (Å²) in [5, 5.41) is 9.77. The zero-order chi connectivity index (χ0) is 23.5. The molecule has 0 aromatic carbocycles. The van der Waals surface area contributed by atoms with E-state index >= 15 is 0 Å². The Balaban J connectivity index is 1.50. The lowest BCUT2D eigenvalue weighted by Crippen LogP contribution is -2.33. The number of halogens is 1. The third-order valence-electron chi connectivity index (χ3n) is 5.42. The lowest BCUT2D eigenvalue weighted by atomic mass is 10.3. The van der Waals surface area contributed by atoms with Crippen molar-refractivity contribution in [3.8, 4) is 5.82 Å². The lowest BCUT2D eigenvalue weighted by Gasteiger charge is -2.23. The quantitative estimate of drug-likeness (QED) is 0.341. The molecule has 4 aromatic heterocycles. The minimum atomic E-state index is 0.133. The van der Waals surface area contributed by atoms with Crippen LogP contribution in [-0.4, -0.2) is 67.8 Å². The molecule has 0 amide bonds. The maximum Gasteiger partial charge on any atom is 0.248 e. The molecule has 0 fully saturated rings. The number of nitrogens with one attached hydrogen (secondary N) is 1. The molecule has 0 spiro atoms. The third kappa shape index (κ3) is 5.00. The number of hydrogen-bond acceptors (Lipinski definition) is 10. The Hall–Kier alpha value is -3.02. The Morgan fingerprint density at radius 2 is 1.94 bits per heavy atom. The number of nitrogens with two attached hydrogens (primary N) is 1. The number of nitrogens with zero attached hydrogens (tertiary/aromatic N) is 8. The molecule has 0 aliphatic rings. The van der Waals surface area contributed by atoms with E-state index in [0.717, 1.165) is 53.5 Å². The van der Waals surface area contributed by atoms with Crippen LogP contribution in [0.25, 0.3) is 16.0 Å². The van der Waals surface area contributed by atoms with E-state index in [9.17, 15) is 0 Å². The summed E-state index contributed by atoms with van der Waals surface area (Å²) < 4.78 is 2.32. The fourth-order valence-electron chi connectivity index (χ4n) is 3.43. The van der Waals surface area contributed by atoms with Crippen LogP contribution in [0.2, 0.25) is 5.28 Å². The van der Waals surface area contributed by atoms with Crippen molar-refractivity contribution in [3.05, 3.63) is 34.6 Å². The van der Waals surface area contributed by atoms with Gasteiger partial charge in [0.15, 0.2) is 5.82 Å². The highest BCUT2D eigenvalue weighted by atomic mass is 35.5. The normalized spacial score (nSPS) is 11.5. The average molecular weight is 487 g/mol. The second-order valence-corrected chi connectivity index (χ2v) is 8.81. The van der Waals surface area contributed by atoms with Crippen LogP contribution in [-0.2, 0) is 0 Å². The van der Waals surface area contributed by atoms with E-state index in [1.807, 2.05) is 31.5 Å². The minimum Gasteiger partial charge on any atom is -0.368 e. The summed E-state index contributed by atoms with van der Waals surface area (Å²) >= 11 is 7.65. The Labute approximate surface area is 201 Å². The molecular formula is C21H27ClN10S. The average Bonchev–Trinajstić information content (AvgIpc) is 3.36. The molecule has 0 saturated carbocycles. The molecule has 4 aromatic rings. The van der Waals surface area contributed by atoms with Crippen LogP contribution in [0.4, 0.5) is 23.4 Å². The topological polar surface area (TPSA) is 114 Å². The number of fused-ring (bicyclic) bond motifs is 1. The third-order valence-corrected chi connectivity index (χ3v) is 6.67. The molecule has 12 heteroatoms. The van der Waals surface area contributed by atoms with E-state index in [2.05, 4.69) is 54.0 Å². The minimum absolute atomic E-state index is 0.133. The Morgan fingerprint density at radius 1 is 1.15 bits per heavy atom. The van der Waals surface area contributed by atoms with Crippen molar-refractivity contribution >= 4 is 56.6 Å². The van der Waals surface area contributed by atoms with E-state index in [4.69, 9.17) is 17.3 Å². The number of aryl methyl sites for hydroxylation is 1. The van der Waals surface area contributed by atoms with Crippen LogP contribution in [0.1, 0.15) is 19.4 Å². The van der Waals surface area contributed by atoms with Crippen LogP contribution in [0, 0.1) is 6.92 Å². The zero-order valence-corrected chi connectivity index (χ0v) is 20.7. The molecule has 10 nitrogen and oxygen atoms in total. The number of likely N-dealkylation sites (N-methyl/N-ethyl adjacent to an activating group) is 2. The van der Waals surface area contributed by atoms with Gasteiger partial charge in [-0.15, -0.1) is 16.4 Å². The van der Waals surface area contributed by atoms with Gasteiger partial charge in [0.1, 0.15) is 5.82 Å². The highest BCUT2D eigenvalue weighted by Gasteiger charge is 2.17. The van der Waals surface area contributed by atoms with Crippen molar-refractivity contribution in [3.63, 3.8) is 0 Å². The number of thiophene rings is 1. The predicted molar refractivity (Wildman–Crippen MR) is 135 cm³/mol. The molecule has 0 atom stereocenters. The first kappa shape index (κ1) is 23.1. The van der Waals surface area contributed by atoms with E-state index in [1.54, 1.807) is 6.20 Å². The molecule has 4 rings (SSSR count). The van der Waals surface area contributed by atoms with Gasteiger partial charge >= 0.3 is 0 Å². The second kappa shape index (κ2) is 9.86. The first-order valence-electron chi connectivity index (χ1n) is 10.7. The number of aromatic nitrogens is 6. The van der Waals surface area contributed by atoms with Crippen LogP contribution >= 0.6 is 22.9 Å². The van der Waals surface area contributed by atoms with Gasteiger partial charge in [-0.3, -0.25) is 0 Å². The summed E-state index contributed by atoms with van der Waals surface area (Å²) in [6.45, 7) is 10.3. The summed E-state index contributed by atoms with van der Waals surface area (Å²) in [5.41, 5.74) is 8.70. The van der Waals surface area contributed by atoms with Crippen LogP contribution in [0.5, 0.6) is 0 Å². The van der Waals surface area contributed by atoms with E-state index in [-0.39, 0.29) is 11.2 Å². The van der Waals surface area contributed by atoms with Gasteiger partial charge in [0.05, 0.1) is 22.1 Å². The highest BCUT2D eigenvalue weighted by Crippen LogP contribution is 2.30. The van der Waals surface area contributed by atoms with Crippen LogP contribution in [0.3, 0.4) is 0 Å². The lowest BCUT2D eigenvalue weighted by molar-refractivity contribution is 0.311. The summed E-state index contributed by atoms with van der Waals surface area (Å²) in [6.07, 6.45) is 1.75. The Bertz CT molecular complexity index is 1230. The molecule has 174 valence electrons. The van der Waals surface area contributed by atoms with Crippen molar-refractivity contribution in [2.24, 2.45) is 0 Å². The molecule has 0 radical (unpaired) electrons. The maximum absolute atomic E-state index is 6.14. The van der Waals surface area contributed by atoms with Gasteiger partial charge in [0.25, 0.3) is 0 Å². The first-order valence-corrected chi connectivity index (χ1v) is 12.0. The van der Waals surface area contributed by atoms with Crippen molar-refractivity contribution in [2.75, 3.05) is 49.2 Å². The summed E-state index contributed by atoms with van der Waals surface area (Å²) in [5.74, 6) is 1.94. The Kier molecular flexibility index (Phi) is 6.91. The largest absolute Gasteiger partial charge is 0.368 e. The van der Waals surface area contributed by atoms with Crippen molar-refractivity contribution in [1.82, 2.24) is 34.6 Å². The van der Waals surface area contributed by atoms with Gasteiger partial charge in [-0.05, 0) is 54.7 Å². The number of hydrogen-bond donors (Lipinski definition) is 2. The van der Waals surface area contributed by atoms with Gasteiger partial charge < -0.3 is 20.9 Å². The molecule has 0 unspecified atom stereocenters. The van der Waals surface area contributed by atoms with Crippen molar-refractivity contribution < 1.29 is 0 Å². The number of pyridine rings is 1. The number of rotatable bonds is 9. The molecule has 0 bridgehead atoms. The monoisotopic (exact) mass is 486 g/mol. The van der Waals surface area contributed by atoms with Gasteiger partial charge in [0.2, 0.25) is 17.2 Å². The smallest absolute Gasteiger partial charge is 0.248 e. The van der Waals surface area contributed by atoms with Crippen molar-refractivity contribution in [1.29, 1.82) is 0 Å². The fourth-order valence-corrected chi connectivity index (χ4v) is 4.55. The predicted octanol–water partition coefficient (Wildman–Crippen LogP) is 3.73. The summed E-state index contributed by atoms with van der Waals surface area (Å²) in [6, 6.07) is 3.91. The summed E-state index contributed by atoms with van der Waals surface area (Å²) in [4.78, 5) is 22.1. The van der Waals surface area contributed by atoms with Crippen molar-refractivity contribution in [2.45, 2.75) is 20.8 Å². The molecule has 33 heavy (non-hydrogen) atoms.